The number of nitrogens with one attached hydrogen (secondary N) is 4. The maximum absolute atomic E-state index is 12.2. The number of hydrogen-bond acceptors (Lipinski definition) is 4. The summed E-state index contributed by atoms with van der Waals surface area (Å²) in [6, 6.07) is -1.03. The van der Waals surface area contributed by atoms with E-state index < -0.39 is 23.1 Å². The Balaban J connectivity index is 2.42. The molecule has 8 nitrogen and oxygen atoms in total. The largest absolute Gasteiger partial charge is 0.333 e. The minimum absolute atomic E-state index is 0.298. The zero-order valence-corrected chi connectivity index (χ0v) is 16.6. The molecule has 0 aromatic rings. The third kappa shape index (κ3) is 8.31. The Kier molecular flexibility index (Phi) is 7.17. The predicted molar refractivity (Wildman–Crippen MR) is 98.3 cm³/mol. The molecule has 0 saturated heterocycles. The van der Waals surface area contributed by atoms with Crippen LogP contribution in [0.15, 0.2) is 0 Å². The lowest BCUT2D eigenvalue weighted by Crippen LogP contribution is -2.51. The summed E-state index contributed by atoms with van der Waals surface area (Å²) in [5.74, 6) is -1.24. The molecule has 1 rings (SSSR count). The summed E-state index contributed by atoms with van der Waals surface area (Å²) < 4.78 is 0. The summed E-state index contributed by atoms with van der Waals surface area (Å²) in [4.78, 5) is 47.9. The molecule has 8 heteroatoms. The van der Waals surface area contributed by atoms with Crippen LogP contribution in [0.25, 0.3) is 0 Å². The molecule has 0 aromatic carbocycles. The molecular formula is C18H32N4O4. The first kappa shape index (κ1) is 21.9. The number of urea groups is 2. The van der Waals surface area contributed by atoms with Crippen LogP contribution in [0.4, 0.5) is 9.59 Å². The summed E-state index contributed by atoms with van der Waals surface area (Å²) in [7, 11) is 0. The molecule has 148 valence electrons. The van der Waals surface area contributed by atoms with E-state index in [1.165, 1.54) is 0 Å². The Morgan fingerprint density at radius 2 is 0.885 bits per heavy atom. The topological polar surface area (TPSA) is 116 Å². The van der Waals surface area contributed by atoms with Crippen LogP contribution in [-0.4, -0.2) is 35.0 Å². The SMILES string of the molecule is CC(C)(C)NC(=O)NC(=O)C1CCC(C(=O)NC(=O)NC(C)(C)C)CC1. The average molecular weight is 368 g/mol. The lowest BCUT2D eigenvalue weighted by atomic mass is 9.81. The van der Waals surface area contributed by atoms with Crippen LogP contribution in [0.2, 0.25) is 0 Å². The van der Waals surface area contributed by atoms with E-state index >= 15 is 0 Å². The van der Waals surface area contributed by atoms with Crippen LogP contribution >= 0.6 is 0 Å². The van der Waals surface area contributed by atoms with Gasteiger partial charge in [0.25, 0.3) is 0 Å². The van der Waals surface area contributed by atoms with E-state index in [1.807, 2.05) is 41.5 Å². The van der Waals surface area contributed by atoms with Crippen molar-refractivity contribution < 1.29 is 19.2 Å². The van der Waals surface area contributed by atoms with E-state index in [9.17, 15) is 19.2 Å². The number of carbonyl (C=O) groups excluding carboxylic acids is 4. The van der Waals surface area contributed by atoms with Crippen LogP contribution in [0.3, 0.4) is 0 Å². The van der Waals surface area contributed by atoms with E-state index in [-0.39, 0.29) is 23.7 Å². The number of imide groups is 2. The monoisotopic (exact) mass is 368 g/mol. The summed E-state index contributed by atoms with van der Waals surface area (Å²) in [5.41, 5.74) is -0.846. The van der Waals surface area contributed by atoms with Crippen molar-refractivity contribution in [2.75, 3.05) is 0 Å². The first-order valence-corrected chi connectivity index (χ1v) is 9.03. The lowest BCUT2D eigenvalue weighted by Gasteiger charge is -2.28. The first-order valence-electron chi connectivity index (χ1n) is 9.03. The van der Waals surface area contributed by atoms with Gasteiger partial charge in [0.15, 0.2) is 0 Å². The van der Waals surface area contributed by atoms with E-state index in [0.29, 0.717) is 25.7 Å². The standard InChI is InChI=1S/C18H32N4O4/c1-17(2,3)21-15(25)19-13(23)11-7-9-12(10-8-11)14(24)20-16(26)22-18(4,5)6/h11-12H,7-10H2,1-6H3,(H2,19,21,23,25)(H2,20,22,24,26). The number of amides is 6. The van der Waals surface area contributed by atoms with Gasteiger partial charge in [-0.05, 0) is 67.2 Å². The normalized spacial score (nSPS) is 20.7. The molecule has 1 aliphatic rings. The van der Waals surface area contributed by atoms with Gasteiger partial charge < -0.3 is 10.6 Å². The Bertz CT molecular complexity index is 503. The average Bonchev–Trinajstić information content (AvgIpc) is 2.43. The zero-order chi connectivity index (χ0) is 20.1. The summed E-state index contributed by atoms with van der Waals surface area (Å²) in [6.45, 7) is 11.0. The molecule has 4 N–H and O–H groups in total. The van der Waals surface area contributed by atoms with E-state index in [1.54, 1.807) is 0 Å². The molecule has 0 aliphatic heterocycles. The summed E-state index contributed by atoms with van der Waals surface area (Å²) >= 11 is 0. The molecule has 0 bridgehead atoms. The van der Waals surface area contributed by atoms with E-state index in [2.05, 4.69) is 21.3 Å². The Morgan fingerprint density at radius 3 is 1.12 bits per heavy atom. The van der Waals surface area contributed by atoms with Gasteiger partial charge in [-0.15, -0.1) is 0 Å². The first-order chi connectivity index (χ1) is 11.8. The third-order valence-electron chi connectivity index (χ3n) is 3.92. The van der Waals surface area contributed by atoms with Crippen LogP contribution < -0.4 is 21.3 Å². The fourth-order valence-electron chi connectivity index (χ4n) is 2.79. The fraction of sp³-hybridized carbons (Fsp3) is 0.778. The minimum Gasteiger partial charge on any atom is -0.333 e. The second kappa shape index (κ2) is 8.51. The van der Waals surface area contributed by atoms with Crippen molar-refractivity contribution >= 4 is 23.9 Å². The van der Waals surface area contributed by atoms with Gasteiger partial charge in [0.2, 0.25) is 11.8 Å². The number of hydrogen-bond donors (Lipinski definition) is 4. The highest BCUT2D eigenvalue weighted by molar-refractivity contribution is 5.97. The van der Waals surface area contributed by atoms with Crippen LogP contribution in [0, 0.1) is 11.8 Å². The highest BCUT2D eigenvalue weighted by atomic mass is 16.2. The Morgan fingerprint density at radius 1 is 0.615 bits per heavy atom. The molecule has 1 aliphatic carbocycles. The predicted octanol–water partition coefficient (Wildman–Crippen LogP) is 2.04. The highest BCUT2D eigenvalue weighted by Crippen LogP contribution is 2.29. The molecule has 0 unspecified atom stereocenters. The van der Waals surface area contributed by atoms with Crippen molar-refractivity contribution in [3.63, 3.8) is 0 Å². The summed E-state index contributed by atoms with van der Waals surface area (Å²) in [6.07, 6.45) is 2.03. The van der Waals surface area contributed by atoms with Crippen molar-refractivity contribution in [1.82, 2.24) is 21.3 Å². The van der Waals surface area contributed by atoms with Gasteiger partial charge in [-0.25, -0.2) is 9.59 Å². The second-order valence-corrected chi connectivity index (χ2v) is 8.94. The highest BCUT2D eigenvalue weighted by Gasteiger charge is 2.31. The smallest absolute Gasteiger partial charge is 0.321 e. The molecule has 1 fully saturated rings. The van der Waals surface area contributed by atoms with Gasteiger partial charge in [-0.1, -0.05) is 0 Å². The molecular weight excluding hydrogens is 336 g/mol. The van der Waals surface area contributed by atoms with Crippen molar-refractivity contribution in [3.05, 3.63) is 0 Å². The number of carbonyl (C=O) groups is 4. The molecule has 0 atom stereocenters. The lowest BCUT2D eigenvalue weighted by molar-refractivity contribution is -0.129. The van der Waals surface area contributed by atoms with Gasteiger partial charge in [0.05, 0.1) is 0 Å². The van der Waals surface area contributed by atoms with Crippen molar-refractivity contribution in [3.8, 4) is 0 Å². The Labute approximate surface area is 155 Å². The molecule has 0 aromatic heterocycles. The quantitative estimate of drug-likeness (QED) is 0.597. The van der Waals surface area contributed by atoms with Gasteiger partial charge >= 0.3 is 12.1 Å². The molecule has 0 radical (unpaired) electrons. The van der Waals surface area contributed by atoms with Gasteiger partial charge in [0.1, 0.15) is 0 Å². The maximum Gasteiger partial charge on any atom is 0.321 e. The molecule has 0 spiro atoms. The van der Waals surface area contributed by atoms with Crippen LogP contribution in [-0.2, 0) is 9.59 Å². The summed E-state index contributed by atoms with van der Waals surface area (Å²) in [5, 5.41) is 10.1. The number of rotatable bonds is 2. The van der Waals surface area contributed by atoms with Gasteiger partial charge in [0, 0.05) is 22.9 Å². The molecule has 1 saturated carbocycles. The van der Waals surface area contributed by atoms with Crippen molar-refractivity contribution in [2.45, 2.75) is 78.3 Å². The Hall–Kier alpha value is -2.12. The fourth-order valence-corrected chi connectivity index (χ4v) is 2.79. The van der Waals surface area contributed by atoms with Gasteiger partial charge in [-0.3, -0.25) is 20.2 Å². The zero-order valence-electron chi connectivity index (χ0n) is 16.6. The van der Waals surface area contributed by atoms with Gasteiger partial charge in [-0.2, -0.15) is 0 Å². The molecule has 0 heterocycles. The van der Waals surface area contributed by atoms with E-state index in [4.69, 9.17) is 0 Å². The van der Waals surface area contributed by atoms with Crippen molar-refractivity contribution in [1.29, 1.82) is 0 Å². The molecule has 6 amide bonds. The van der Waals surface area contributed by atoms with Crippen molar-refractivity contribution in [2.24, 2.45) is 11.8 Å². The van der Waals surface area contributed by atoms with Crippen LogP contribution in [0.1, 0.15) is 67.2 Å². The third-order valence-corrected chi connectivity index (χ3v) is 3.92. The van der Waals surface area contributed by atoms with E-state index in [0.717, 1.165) is 0 Å². The van der Waals surface area contributed by atoms with Crippen LogP contribution in [0.5, 0.6) is 0 Å². The maximum atomic E-state index is 12.2. The molecule has 26 heavy (non-hydrogen) atoms. The minimum atomic E-state index is -0.513. The second-order valence-electron chi connectivity index (χ2n) is 8.94.